The number of nitrogens with one attached hydrogen (secondary N) is 1. The molecule has 3 rings (SSSR count). The standard InChI is InChI=1S/C17H20Cl2N2O2/c1-16(11-17(16,18)19)15(23)21-9-5-6-12(10-21)14(22)20-13-7-3-2-4-8-13/h2-4,7-8,12H,5-6,9-11H2,1H3,(H,20,22)/t12-,16+/m1/s1. The minimum Gasteiger partial charge on any atom is -0.341 e. The number of para-hydroxylation sites is 1. The van der Waals surface area contributed by atoms with Crippen molar-refractivity contribution in [1.29, 1.82) is 0 Å². The topological polar surface area (TPSA) is 49.4 Å². The molecule has 1 aromatic carbocycles. The zero-order valence-electron chi connectivity index (χ0n) is 13.0. The molecule has 1 aromatic rings. The van der Waals surface area contributed by atoms with Gasteiger partial charge in [0.1, 0.15) is 4.33 Å². The fourth-order valence-electron chi connectivity index (χ4n) is 3.12. The van der Waals surface area contributed by atoms with E-state index in [-0.39, 0.29) is 17.7 Å². The molecule has 6 heteroatoms. The first kappa shape index (κ1) is 16.6. The molecule has 1 N–H and O–H groups in total. The van der Waals surface area contributed by atoms with Crippen molar-refractivity contribution < 1.29 is 9.59 Å². The average Bonchev–Trinajstić information content (AvgIpc) is 3.07. The van der Waals surface area contributed by atoms with Crippen LogP contribution < -0.4 is 5.32 Å². The van der Waals surface area contributed by atoms with Gasteiger partial charge in [-0.05, 0) is 38.3 Å². The van der Waals surface area contributed by atoms with Crippen LogP contribution in [0.2, 0.25) is 0 Å². The predicted octanol–water partition coefficient (Wildman–Crippen LogP) is 3.45. The van der Waals surface area contributed by atoms with Gasteiger partial charge in [-0.15, -0.1) is 23.2 Å². The Morgan fingerprint density at radius 2 is 1.91 bits per heavy atom. The van der Waals surface area contributed by atoms with Gasteiger partial charge in [-0.1, -0.05) is 18.2 Å². The highest BCUT2D eigenvalue weighted by molar-refractivity contribution is 6.53. The summed E-state index contributed by atoms with van der Waals surface area (Å²) in [7, 11) is 0. The summed E-state index contributed by atoms with van der Waals surface area (Å²) in [4.78, 5) is 26.8. The summed E-state index contributed by atoms with van der Waals surface area (Å²) in [5.74, 6) is -0.285. The van der Waals surface area contributed by atoms with Crippen molar-refractivity contribution in [2.24, 2.45) is 11.3 Å². The van der Waals surface area contributed by atoms with E-state index in [1.165, 1.54) is 0 Å². The molecule has 0 bridgehead atoms. The number of hydrogen-bond donors (Lipinski definition) is 1. The molecule has 4 nitrogen and oxygen atoms in total. The summed E-state index contributed by atoms with van der Waals surface area (Å²) >= 11 is 12.2. The molecule has 0 unspecified atom stereocenters. The molecule has 1 heterocycles. The first-order valence-corrected chi connectivity index (χ1v) is 8.62. The lowest BCUT2D eigenvalue weighted by Crippen LogP contribution is -2.47. The maximum Gasteiger partial charge on any atom is 0.231 e. The number of halogens is 2. The van der Waals surface area contributed by atoms with Crippen molar-refractivity contribution in [3.8, 4) is 0 Å². The van der Waals surface area contributed by atoms with E-state index in [1.807, 2.05) is 30.3 Å². The normalized spacial score (nSPS) is 29.0. The largest absolute Gasteiger partial charge is 0.341 e. The average molecular weight is 355 g/mol. The van der Waals surface area contributed by atoms with E-state index in [2.05, 4.69) is 5.32 Å². The van der Waals surface area contributed by atoms with Crippen LogP contribution in [0.15, 0.2) is 30.3 Å². The number of carbonyl (C=O) groups excluding carboxylic acids is 2. The van der Waals surface area contributed by atoms with E-state index in [9.17, 15) is 9.59 Å². The van der Waals surface area contributed by atoms with Gasteiger partial charge in [-0.2, -0.15) is 0 Å². The lowest BCUT2D eigenvalue weighted by molar-refractivity contribution is -0.139. The number of piperidine rings is 1. The van der Waals surface area contributed by atoms with Crippen LogP contribution in [0.5, 0.6) is 0 Å². The summed E-state index contributed by atoms with van der Waals surface area (Å²) in [5.41, 5.74) is 0.0594. The number of likely N-dealkylation sites (tertiary alicyclic amines) is 1. The van der Waals surface area contributed by atoms with Gasteiger partial charge in [0, 0.05) is 18.8 Å². The fraction of sp³-hybridized carbons (Fsp3) is 0.529. The van der Waals surface area contributed by atoms with Gasteiger partial charge in [0.15, 0.2) is 0 Å². The summed E-state index contributed by atoms with van der Waals surface area (Å²) in [6, 6.07) is 9.35. The Hall–Kier alpha value is -1.26. The molecule has 1 aliphatic heterocycles. The lowest BCUT2D eigenvalue weighted by Gasteiger charge is -2.34. The van der Waals surface area contributed by atoms with Crippen LogP contribution in [-0.4, -0.2) is 34.1 Å². The van der Waals surface area contributed by atoms with Gasteiger partial charge < -0.3 is 10.2 Å². The van der Waals surface area contributed by atoms with Crippen molar-refractivity contribution in [3.05, 3.63) is 30.3 Å². The molecular formula is C17H20Cl2N2O2. The van der Waals surface area contributed by atoms with Crippen LogP contribution >= 0.6 is 23.2 Å². The van der Waals surface area contributed by atoms with Gasteiger partial charge in [0.05, 0.1) is 11.3 Å². The Morgan fingerprint density at radius 1 is 1.26 bits per heavy atom. The fourth-order valence-corrected chi connectivity index (χ4v) is 3.82. The monoisotopic (exact) mass is 354 g/mol. The summed E-state index contributed by atoms with van der Waals surface area (Å²) < 4.78 is -0.969. The molecular weight excluding hydrogens is 335 g/mol. The molecule has 0 spiro atoms. The van der Waals surface area contributed by atoms with Crippen LogP contribution in [0.25, 0.3) is 0 Å². The number of alkyl halides is 2. The molecule has 124 valence electrons. The Labute approximate surface area is 146 Å². The van der Waals surface area contributed by atoms with Crippen LogP contribution in [0.1, 0.15) is 26.2 Å². The van der Waals surface area contributed by atoms with Crippen molar-refractivity contribution in [3.63, 3.8) is 0 Å². The second-order valence-corrected chi connectivity index (χ2v) is 8.14. The van der Waals surface area contributed by atoms with E-state index in [0.29, 0.717) is 19.5 Å². The molecule has 1 aliphatic carbocycles. The zero-order valence-corrected chi connectivity index (χ0v) is 14.5. The minimum absolute atomic E-state index is 0.0419. The summed E-state index contributed by atoms with van der Waals surface area (Å²) in [6.45, 7) is 2.88. The molecule has 1 saturated carbocycles. The predicted molar refractivity (Wildman–Crippen MR) is 91.5 cm³/mol. The van der Waals surface area contributed by atoms with E-state index in [4.69, 9.17) is 23.2 Å². The van der Waals surface area contributed by atoms with E-state index in [0.717, 1.165) is 18.5 Å². The van der Waals surface area contributed by atoms with Crippen LogP contribution in [0.4, 0.5) is 5.69 Å². The van der Waals surface area contributed by atoms with E-state index in [1.54, 1.807) is 11.8 Å². The third-order valence-electron chi connectivity index (χ3n) is 4.85. The number of hydrogen-bond acceptors (Lipinski definition) is 2. The molecule has 0 radical (unpaired) electrons. The Bertz CT molecular complexity index is 620. The second-order valence-electron chi connectivity index (χ2n) is 6.66. The number of rotatable bonds is 3. The van der Waals surface area contributed by atoms with Gasteiger partial charge in [0.25, 0.3) is 0 Å². The Morgan fingerprint density at radius 3 is 2.52 bits per heavy atom. The maximum absolute atomic E-state index is 12.6. The van der Waals surface area contributed by atoms with Crippen LogP contribution in [-0.2, 0) is 9.59 Å². The van der Waals surface area contributed by atoms with Gasteiger partial charge >= 0.3 is 0 Å². The molecule has 23 heavy (non-hydrogen) atoms. The second kappa shape index (κ2) is 5.99. The highest BCUT2D eigenvalue weighted by atomic mass is 35.5. The van der Waals surface area contributed by atoms with E-state index < -0.39 is 9.75 Å². The van der Waals surface area contributed by atoms with Gasteiger partial charge in [-0.3, -0.25) is 9.59 Å². The Balaban J connectivity index is 1.62. The van der Waals surface area contributed by atoms with Gasteiger partial charge in [-0.25, -0.2) is 0 Å². The van der Waals surface area contributed by atoms with Crippen molar-refractivity contribution >= 4 is 40.7 Å². The Kier molecular flexibility index (Phi) is 4.32. The number of carbonyl (C=O) groups is 2. The molecule has 2 atom stereocenters. The smallest absolute Gasteiger partial charge is 0.231 e. The first-order valence-electron chi connectivity index (χ1n) is 7.87. The highest BCUT2D eigenvalue weighted by Crippen LogP contribution is 2.64. The molecule has 1 saturated heterocycles. The minimum atomic E-state index is -0.969. The molecule has 2 aliphatic rings. The number of anilines is 1. The quantitative estimate of drug-likeness (QED) is 0.845. The molecule has 2 amide bonds. The SMILES string of the molecule is C[C@@]1(C(=O)N2CCC[C@@H](C(=O)Nc3ccccc3)C2)CC1(Cl)Cl. The third-order valence-corrected chi connectivity index (χ3v) is 5.95. The third kappa shape index (κ3) is 3.20. The lowest BCUT2D eigenvalue weighted by atomic mass is 9.95. The summed E-state index contributed by atoms with van der Waals surface area (Å²) in [6.07, 6.45) is 2.07. The maximum atomic E-state index is 12.6. The zero-order chi connectivity index (χ0) is 16.7. The van der Waals surface area contributed by atoms with Crippen LogP contribution in [0, 0.1) is 11.3 Å². The number of amides is 2. The molecule has 0 aromatic heterocycles. The van der Waals surface area contributed by atoms with Crippen molar-refractivity contribution in [1.82, 2.24) is 4.90 Å². The van der Waals surface area contributed by atoms with E-state index >= 15 is 0 Å². The summed E-state index contributed by atoms with van der Waals surface area (Å²) in [5, 5.41) is 2.91. The van der Waals surface area contributed by atoms with Crippen LogP contribution in [0.3, 0.4) is 0 Å². The highest BCUT2D eigenvalue weighted by Gasteiger charge is 2.68. The van der Waals surface area contributed by atoms with Gasteiger partial charge in [0.2, 0.25) is 11.8 Å². The number of benzene rings is 1. The first-order chi connectivity index (χ1) is 10.8. The van der Waals surface area contributed by atoms with Crippen molar-refractivity contribution in [2.75, 3.05) is 18.4 Å². The molecule has 2 fully saturated rings. The number of nitrogens with zero attached hydrogens (tertiary/aromatic N) is 1. The van der Waals surface area contributed by atoms with Crippen molar-refractivity contribution in [2.45, 2.75) is 30.5 Å².